The molecule has 7 heteroatoms. The fraction of sp³-hybridized carbons (Fsp3) is 0.0714. The molecule has 0 spiro atoms. The van der Waals surface area contributed by atoms with Gasteiger partial charge >= 0.3 is 5.91 Å². The van der Waals surface area contributed by atoms with E-state index in [0.717, 1.165) is 0 Å². The van der Waals surface area contributed by atoms with Gasteiger partial charge in [-0.3, -0.25) is 9.59 Å². The number of ether oxygens (including phenoxy) is 1. The summed E-state index contributed by atoms with van der Waals surface area (Å²) >= 11 is 0. The van der Waals surface area contributed by atoms with Crippen LogP contribution in [0, 0.1) is 5.21 Å². The highest BCUT2D eigenvalue weighted by atomic mass is 16.5. The lowest BCUT2D eigenvalue weighted by molar-refractivity contribution is -0.607. The van der Waals surface area contributed by atoms with Gasteiger partial charge < -0.3 is 21.0 Å². The smallest absolute Gasteiger partial charge is 0.321 e. The number of nitrogens with two attached hydrogens (primary N) is 1. The molecule has 2 rings (SSSR count). The van der Waals surface area contributed by atoms with Crippen LogP contribution >= 0.6 is 0 Å². The molecule has 7 nitrogen and oxygen atoms in total. The van der Waals surface area contributed by atoms with Crippen molar-refractivity contribution in [3.05, 3.63) is 59.6 Å². The number of carbonyl (C=O) groups is 2. The second-order valence-corrected chi connectivity index (χ2v) is 4.15. The zero-order chi connectivity index (χ0) is 15.2. The Morgan fingerprint density at radius 3 is 2.52 bits per heavy atom. The summed E-state index contributed by atoms with van der Waals surface area (Å²) in [6, 6.07) is 10.9. The van der Waals surface area contributed by atoms with Crippen LogP contribution in [0.5, 0.6) is 5.75 Å². The zero-order valence-electron chi connectivity index (χ0n) is 11.0. The quantitative estimate of drug-likeness (QED) is 0.614. The maximum atomic E-state index is 11.9. The van der Waals surface area contributed by atoms with Gasteiger partial charge in [-0.1, -0.05) is 0 Å². The van der Waals surface area contributed by atoms with Crippen molar-refractivity contribution in [1.82, 2.24) is 0 Å². The maximum absolute atomic E-state index is 11.9. The lowest BCUT2D eigenvalue weighted by Crippen LogP contribution is -2.36. The first-order valence-corrected chi connectivity index (χ1v) is 6.07. The summed E-state index contributed by atoms with van der Waals surface area (Å²) in [6.07, 6.45) is 1.25. The van der Waals surface area contributed by atoms with Crippen molar-refractivity contribution in [2.45, 2.75) is 0 Å². The topological polar surface area (TPSA) is 108 Å². The van der Waals surface area contributed by atoms with Crippen molar-refractivity contribution in [3.8, 4) is 5.75 Å². The summed E-state index contributed by atoms with van der Waals surface area (Å²) in [5.41, 5.74) is 5.45. The maximum Gasteiger partial charge on any atom is 0.321 e. The Labute approximate surface area is 120 Å². The van der Waals surface area contributed by atoms with Crippen molar-refractivity contribution >= 4 is 17.5 Å². The third kappa shape index (κ3) is 3.93. The van der Waals surface area contributed by atoms with E-state index in [2.05, 4.69) is 5.32 Å². The van der Waals surface area contributed by atoms with Crippen LogP contribution in [-0.4, -0.2) is 18.4 Å². The number of primary amides is 1. The molecule has 0 radical (unpaired) electrons. The molecule has 0 aliphatic heterocycles. The number of nitrogens with one attached hydrogen (secondary N) is 1. The molecule has 0 saturated carbocycles. The minimum atomic E-state index is -0.573. The van der Waals surface area contributed by atoms with Gasteiger partial charge in [0.15, 0.2) is 12.8 Å². The van der Waals surface area contributed by atoms with Gasteiger partial charge in [-0.2, -0.15) is 4.73 Å². The molecular formula is C14H13N3O4. The van der Waals surface area contributed by atoms with Crippen LogP contribution in [0.4, 0.5) is 5.69 Å². The van der Waals surface area contributed by atoms with Gasteiger partial charge in [0, 0.05) is 17.8 Å². The van der Waals surface area contributed by atoms with Gasteiger partial charge in [-0.25, -0.2) is 0 Å². The highest BCUT2D eigenvalue weighted by Crippen LogP contribution is 2.16. The minimum Gasteiger partial charge on any atom is -0.618 e. The monoisotopic (exact) mass is 287 g/mol. The predicted molar refractivity (Wildman–Crippen MR) is 74.5 cm³/mol. The van der Waals surface area contributed by atoms with Gasteiger partial charge in [0.1, 0.15) is 5.75 Å². The molecule has 2 amide bonds. The number of anilines is 1. The molecule has 0 aliphatic rings. The van der Waals surface area contributed by atoms with E-state index in [9.17, 15) is 14.8 Å². The average molecular weight is 287 g/mol. The molecule has 0 saturated heterocycles. The minimum absolute atomic E-state index is 0.00782. The predicted octanol–water partition coefficient (Wildman–Crippen LogP) is 0.436. The number of benzene rings is 1. The van der Waals surface area contributed by atoms with Crippen molar-refractivity contribution in [3.63, 3.8) is 0 Å². The standard InChI is InChI=1S/C14H13N3O4/c15-13(18)9-21-11-6-4-10(5-7-11)16-14(19)12-3-1-2-8-17(12)20/h1-8H,9H2,(H2,15,18)(H,16,19). The summed E-state index contributed by atoms with van der Waals surface area (Å²) in [6.45, 7) is -0.216. The van der Waals surface area contributed by atoms with Crippen LogP contribution in [-0.2, 0) is 4.79 Å². The molecule has 3 N–H and O–H groups in total. The fourth-order valence-corrected chi connectivity index (χ4v) is 1.59. The third-order valence-corrected chi connectivity index (χ3v) is 2.55. The fourth-order valence-electron chi connectivity index (χ4n) is 1.59. The van der Waals surface area contributed by atoms with Gasteiger partial charge in [0.05, 0.1) is 0 Å². The van der Waals surface area contributed by atoms with Crippen LogP contribution in [0.1, 0.15) is 10.5 Å². The molecule has 0 unspecified atom stereocenters. The van der Waals surface area contributed by atoms with Crippen molar-refractivity contribution in [1.29, 1.82) is 0 Å². The molecule has 0 bridgehead atoms. The van der Waals surface area contributed by atoms with Gasteiger partial charge in [0.25, 0.3) is 11.6 Å². The van der Waals surface area contributed by atoms with Crippen LogP contribution < -0.4 is 20.5 Å². The van der Waals surface area contributed by atoms with Crippen molar-refractivity contribution in [2.75, 3.05) is 11.9 Å². The van der Waals surface area contributed by atoms with Crippen LogP contribution in [0.25, 0.3) is 0 Å². The largest absolute Gasteiger partial charge is 0.618 e. The first-order valence-electron chi connectivity index (χ1n) is 6.07. The SMILES string of the molecule is NC(=O)COc1ccc(NC(=O)c2cccc[n+]2[O-])cc1. The summed E-state index contributed by atoms with van der Waals surface area (Å²) in [5, 5.41) is 14.0. The Kier molecular flexibility index (Phi) is 4.35. The second-order valence-electron chi connectivity index (χ2n) is 4.15. The Morgan fingerprint density at radius 1 is 1.19 bits per heavy atom. The molecule has 0 atom stereocenters. The highest BCUT2D eigenvalue weighted by molar-refractivity contribution is 6.01. The molecule has 1 aromatic carbocycles. The van der Waals surface area contributed by atoms with Crippen molar-refractivity contribution in [2.24, 2.45) is 5.73 Å². The lowest BCUT2D eigenvalue weighted by atomic mass is 10.2. The van der Waals surface area contributed by atoms with Gasteiger partial charge in [-0.15, -0.1) is 0 Å². The first kappa shape index (κ1) is 14.3. The first-order chi connectivity index (χ1) is 10.1. The number of hydrogen-bond acceptors (Lipinski definition) is 4. The molecular weight excluding hydrogens is 274 g/mol. The number of pyridine rings is 1. The molecule has 1 aromatic heterocycles. The number of amides is 2. The number of carbonyl (C=O) groups excluding carboxylic acids is 2. The highest BCUT2D eigenvalue weighted by Gasteiger charge is 2.14. The van der Waals surface area contributed by atoms with E-state index in [4.69, 9.17) is 10.5 Å². The van der Waals surface area contributed by atoms with E-state index in [1.807, 2.05) is 0 Å². The zero-order valence-corrected chi connectivity index (χ0v) is 11.0. The molecule has 0 aliphatic carbocycles. The van der Waals surface area contributed by atoms with E-state index in [1.54, 1.807) is 30.3 Å². The lowest BCUT2D eigenvalue weighted by Gasteiger charge is -2.07. The summed E-state index contributed by atoms with van der Waals surface area (Å²) < 4.78 is 5.58. The third-order valence-electron chi connectivity index (χ3n) is 2.55. The summed E-state index contributed by atoms with van der Waals surface area (Å²) in [4.78, 5) is 22.5. The molecule has 108 valence electrons. The Bertz CT molecular complexity index is 656. The summed E-state index contributed by atoms with van der Waals surface area (Å²) in [5.74, 6) is -0.640. The Balaban J connectivity index is 2.02. The molecule has 21 heavy (non-hydrogen) atoms. The van der Waals surface area contributed by atoms with Crippen LogP contribution in [0.2, 0.25) is 0 Å². The van der Waals surface area contributed by atoms with E-state index in [0.29, 0.717) is 16.2 Å². The molecule has 1 heterocycles. The number of hydrogen-bond donors (Lipinski definition) is 2. The van der Waals surface area contributed by atoms with Crippen LogP contribution in [0.3, 0.4) is 0 Å². The van der Waals surface area contributed by atoms with E-state index >= 15 is 0 Å². The number of aromatic nitrogens is 1. The Morgan fingerprint density at radius 2 is 1.90 bits per heavy atom. The Hall–Kier alpha value is -3.09. The second kappa shape index (κ2) is 6.38. The van der Waals surface area contributed by atoms with Gasteiger partial charge in [-0.05, 0) is 30.3 Å². The number of nitrogens with zero attached hydrogens (tertiary/aromatic N) is 1. The number of rotatable bonds is 5. The van der Waals surface area contributed by atoms with Crippen molar-refractivity contribution < 1.29 is 19.1 Å². The summed E-state index contributed by atoms with van der Waals surface area (Å²) in [7, 11) is 0. The van der Waals surface area contributed by atoms with Crippen LogP contribution in [0.15, 0.2) is 48.7 Å². The van der Waals surface area contributed by atoms with E-state index in [-0.39, 0.29) is 12.3 Å². The van der Waals surface area contributed by atoms with E-state index < -0.39 is 11.8 Å². The molecule has 2 aromatic rings. The van der Waals surface area contributed by atoms with Gasteiger partial charge in [0.2, 0.25) is 0 Å². The average Bonchev–Trinajstić information content (AvgIpc) is 2.47. The van der Waals surface area contributed by atoms with E-state index in [1.165, 1.54) is 18.3 Å². The molecule has 0 fully saturated rings. The normalized spacial score (nSPS) is 9.90.